The first-order chi connectivity index (χ1) is 8.63. The van der Waals surface area contributed by atoms with E-state index in [0.717, 1.165) is 12.8 Å². The van der Waals surface area contributed by atoms with Crippen LogP contribution in [0.2, 0.25) is 0 Å². The maximum Gasteiger partial charge on any atom is 0.257 e. The first-order valence-electron chi connectivity index (χ1n) is 6.03. The van der Waals surface area contributed by atoms with Gasteiger partial charge in [-0.05, 0) is 25.0 Å². The number of nitrogens with zero attached hydrogens (tertiary/aromatic N) is 1. The number of piperidine rings is 1. The quantitative estimate of drug-likeness (QED) is 0.611. The van der Waals surface area contributed by atoms with Gasteiger partial charge < -0.3 is 20.5 Å². The average molecular weight is 250 g/mol. The number of ether oxygens (including phenoxy) is 1. The summed E-state index contributed by atoms with van der Waals surface area (Å²) in [7, 11) is 1.69. The molecular weight excluding hydrogens is 232 g/mol. The second kappa shape index (κ2) is 5.27. The largest absolute Gasteiger partial charge is 0.505 e. The standard InChI is InChI=1S/C13H18N2O3/c1-18-9-5-7-15(8-6-9)13(17)10-3-2-4-11(14)12(10)16/h2-4,9,16H,5-8,14H2,1H3. The molecule has 1 heterocycles. The Labute approximate surface area is 106 Å². The number of rotatable bonds is 2. The van der Waals surface area contributed by atoms with Gasteiger partial charge in [0, 0.05) is 20.2 Å². The van der Waals surface area contributed by atoms with Crippen LogP contribution in [-0.2, 0) is 4.74 Å². The van der Waals surface area contributed by atoms with Crippen molar-refractivity contribution in [3.05, 3.63) is 23.8 Å². The number of phenols is 1. The van der Waals surface area contributed by atoms with Crippen molar-refractivity contribution in [1.29, 1.82) is 0 Å². The number of nitrogen functional groups attached to an aromatic ring is 1. The molecule has 5 heteroatoms. The Morgan fingerprint density at radius 3 is 2.72 bits per heavy atom. The van der Waals surface area contributed by atoms with Gasteiger partial charge in [-0.3, -0.25) is 4.79 Å². The van der Waals surface area contributed by atoms with Crippen molar-refractivity contribution in [2.45, 2.75) is 18.9 Å². The molecule has 0 saturated carbocycles. The molecule has 0 aliphatic carbocycles. The Balaban J connectivity index is 2.10. The van der Waals surface area contributed by atoms with Gasteiger partial charge in [0.15, 0.2) is 5.75 Å². The number of anilines is 1. The molecule has 1 fully saturated rings. The van der Waals surface area contributed by atoms with Gasteiger partial charge in [-0.25, -0.2) is 0 Å². The van der Waals surface area contributed by atoms with Crippen LogP contribution in [0.4, 0.5) is 5.69 Å². The van der Waals surface area contributed by atoms with E-state index in [9.17, 15) is 9.90 Å². The minimum atomic E-state index is -0.172. The van der Waals surface area contributed by atoms with E-state index < -0.39 is 0 Å². The normalized spacial score (nSPS) is 16.8. The molecule has 1 aliphatic heterocycles. The fourth-order valence-corrected chi connectivity index (χ4v) is 2.20. The molecule has 1 aromatic carbocycles. The van der Waals surface area contributed by atoms with Crippen molar-refractivity contribution < 1.29 is 14.6 Å². The van der Waals surface area contributed by atoms with E-state index in [1.165, 1.54) is 0 Å². The molecule has 0 spiro atoms. The topological polar surface area (TPSA) is 75.8 Å². The number of nitrogens with two attached hydrogens (primary N) is 1. The van der Waals surface area contributed by atoms with Crippen molar-refractivity contribution >= 4 is 11.6 Å². The highest BCUT2D eigenvalue weighted by atomic mass is 16.5. The van der Waals surface area contributed by atoms with Gasteiger partial charge in [0.2, 0.25) is 0 Å². The minimum absolute atomic E-state index is 0.128. The van der Waals surface area contributed by atoms with Crippen LogP contribution in [0, 0.1) is 0 Å². The summed E-state index contributed by atoms with van der Waals surface area (Å²) >= 11 is 0. The molecule has 0 aromatic heterocycles. The number of methoxy groups -OCH3 is 1. The second-order valence-electron chi connectivity index (χ2n) is 4.47. The van der Waals surface area contributed by atoms with E-state index in [0.29, 0.717) is 13.1 Å². The molecule has 0 atom stereocenters. The molecule has 0 radical (unpaired) electrons. The van der Waals surface area contributed by atoms with Crippen LogP contribution in [0.1, 0.15) is 23.2 Å². The predicted molar refractivity (Wildman–Crippen MR) is 68.5 cm³/mol. The maximum atomic E-state index is 12.2. The fourth-order valence-electron chi connectivity index (χ4n) is 2.20. The van der Waals surface area contributed by atoms with Crippen molar-refractivity contribution in [1.82, 2.24) is 4.90 Å². The molecule has 1 amide bonds. The lowest BCUT2D eigenvalue weighted by atomic mass is 10.1. The minimum Gasteiger partial charge on any atom is -0.505 e. The maximum absolute atomic E-state index is 12.2. The summed E-state index contributed by atoms with van der Waals surface area (Å²) in [4.78, 5) is 14.0. The summed E-state index contributed by atoms with van der Waals surface area (Å²) in [5, 5.41) is 9.80. The lowest BCUT2D eigenvalue weighted by molar-refractivity contribution is 0.0349. The van der Waals surface area contributed by atoms with Crippen LogP contribution < -0.4 is 5.73 Å². The first-order valence-corrected chi connectivity index (χ1v) is 6.03. The Morgan fingerprint density at radius 2 is 2.11 bits per heavy atom. The molecule has 1 saturated heterocycles. The number of phenolic OH excluding ortho intramolecular Hbond substituents is 1. The molecule has 0 bridgehead atoms. The molecule has 0 unspecified atom stereocenters. The number of para-hydroxylation sites is 1. The Bertz CT molecular complexity index is 440. The van der Waals surface area contributed by atoms with E-state index in [2.05, 4.69) is 0 Å². The van der Waals surface area contributed by atoms with Gasteiger partial charge in [-0.2, -0.15) is 0 Å². The highest BCUT2D eigenvalue weighted by Gasteiger charge is 2.25. The Hall–Kier alpha value is -1.75. The number of carbonyl (C=O) groups excluding carboxylic acids is 1. The van der Waals surface area contributed by atoms with E-state index in [1.54, 1.807) is 30.2 Å². The van der Waals surface area contributed by atoms with Gasteiger partial charge >= 0.3 is 0 Å². The molecule has 1 aromatic rings. The molecule has 3 N–H and O–H groups in total. The van der Waals surface area contributed by atoms with E-state index in [1.807, 2.05) is 0 Å². The predicted octanol–water partition coefficient (Wildman–Crippen LogP) is 1.23. The Kier molecular flexibility index (Phi) is 3.72. The zero-order valence-electron chi connectivity index (χ0n) is 10.4. The first kappa shape index (κ1) is 12.7. The third-order valence-electron chi connectivity index (χ3n) is 3.36. The van der Waals surface area contributed by atoms with Gasteiger partial charge in [-0.15, -0.1) is 0 Å². The lowest BCUT2D eigenvalue weighted by Crippen LogP contribution is -2.40. The molecular formula is C13H18N2O3. The summed E-state index contributed by atoms with van der Waals surface area (Å²) in [6.07, 6.45) is 1.87. The van der Waals surface area contributed by atoms with Crippen molar-refractivity contribution in [3.8, 4) is 5.75 Å². The molecule has 2 rings (SSSR count). The molecule has 5 nitrogen and oxygen atoms in total. The summed E-state index contributed by atoms with van der Waals surface area (Å²) in [6, 6.07) is 4.84. The zero-order valence-corrected chi connectivity index (χ0v) is 10.4. The number of likely N-dealkylation sites (tertiary alicyclic amines) is 1. The number of hydrogen-bond donors (Lipinski definition) is 2. The molecule has 18 heavy (non-hydrogen) atoms. The average Bonchev–Trinajstić information content (AvgIpc) is 2.41. The summed E-state index contributed by atoms with van der Waals surface area (Å²) in [5.41, 5.74) is 6.09. The zero-order chi connectivity index (χ0) is 13.1. The van der Waals surface area contributed by atoms with Gasteiger partial charge in [0.25, 0.3) is 5.91 Å². The molecule has 98 valence electrons. The third-order valence-corrected chi connectivity index (χ3v) is 3.36. The van der Waals surface area contributed by atoms with Crippen molar-refractivity contribution in [3.63, 3.8) is 0 Å². The summed E-state index contributed by atoms with van der Waals surface area (Å²) < 4.78 is 5.26. The summed E-state index contributed by atoms with van der Waals surface area (Å²) in [6.45, 7) is 1.29. The van der Waals surface area contributed by atoms with Crippen molar-refractivity contribution in [2.75, 3.05) is 25.9 Å². The molecule has 1 aliphatic rings. The highest BCUT2D eigenvalue weighted by molar-refractivity contribution is 5.98. The van der Waals surface area contributed by atoms with E-state index >= 15 is 0 Å². The smallest absolute Gasteiger partial charge is 0.257 e. The van der Waals surface area contributed by atoms with E-state index in [-0.39, 0.29) is 29.0 Å². The third kappa shape index (κ3) is 2.41. The summed E-state index contributed by atoms with van der Waals surface area (Å²) in [5.74, 6) is -0.300. The van der Waals surface area contributed by atoms with Crippen LogP contribution in [0.5, 0.6) is 5.75 Å². The number of benzene rings is 1. The van der Waals surface area contributed by atoms with Crippen molar-refractivity contribution in [2.24, 2.45) is 0 Å². The van der Waals surface area contributed by atoms with Gasteiger partial charge in [-0.1, -0.05) is 6.07 Å². The Morgan fingerprint density at radius 1 is 1.44 bits per heavy atom. The highest BCUT2D eigenvalue weighted by Crippen LogP contribution is 2.26. The van der Waals surface area contributed by atoms with E-state index in [4.69, 9.17) is 10.5 Å². The van der Waals surface area contributed by atoms with Gasteiger partial charge in [0.05, 0.1) is 17.4 Å². The monoisotopic (exact) mass is 250 g/mol. The van der Waals surface area contributed by atoms with Crippen LogP contribution in [0.25, 0.3) is 0 Å². The van der Waals surface area contributed by atoms with Gasteiger partial charge in [0.1, 0.15) is 0 Å². The lowest BCUT2D eigenvalue weighted by Gasteiger charge is -2.31. The fraction of sp³-hybridized carbons (Fsp3) is 0.462. The van der Waals surface area contributed by atoms with Crippen LogP contribution >= 0.6 is 0 Å². The van der Waals surface area contributed by atoms with Crippen LogP contribution in [-0.4, -0.2) is 42.2 Å². The SMILES string of the molecule is COC1CCN(C(=O)c2cccc(N)c2O)CC1. The van der Waals surface area contributed by atoms with Crippen LogP contribution in [0.3, 0.4) is 0 Å². The number of hydrogen-bond acceptors (Lipinski definition) is 4. The number of carbonyl (C=O) groups is 1. The second-order valence-corrected chi connectivity index (χ2v) is 4.47. The van der Waals surface area contributed by atoms with Crippen LogP contribution in [0.15, 0.2) is 18.2 Å². The number of aromatic hydroxyl groups is 1. The number of amides is 1.